The highest BCUT2D eigenvalue weighted by Gasteiger charge is 2.16. The van der Waals surface area contributed by atoms with E-state index >= 15 is 0 Å². The summed E-state index contributed by atoms with van der Waals surface area (Å²) in [5.74, 6) is -0.947. The molecule has 120 valence electrons. The van der Waals surface area contributed by atoms with Crippen molar-refractivity contribution in [1.29, 1.82) is 0 Å². The van der Waals surface area contributed by atoms with Gasteiger partial charge in [0.2, 0.25) is 0 Å². The lowest BCUT2D eigenvalue weighted by molar-refractivity contribution is -0.136. The molecule has 6 nitrogen and oxygen atoms in total. The molecule has 2 amide bonds. The van der Waals surface area contributed by atoms with Gasteiger partial charge in [-0.2, -0.15) is 0 Å². The molecule has 22 heavy (non-hydrogen) atoms. The van der Waals surface area contributed by atoms with Gasteiger partial charge < -0.3 is 20.6 Å². The van der Waals surface area contributed by atoms with Crippen LogP contribution in [-0.4, -0.2) is 36.7 Å². The van der Waals surface area contributed by atoms with Gasteiger partial charge >= 0.3 is 12.0 Å². The summed E-state index contributed by atoms with van der Waals surface area (Å²) in [7, 11) is 0. The molecular formula is C15H20ClN3O3. The maximum Gasteiger partial charge on any atom is 0.319 e. The average Bonchev–Trinajstić information content (AvgIpc) is 2.48. The Morgan fingerprint density at radius 2 is 1.95 bits per heavy atom. The number of carboxylic acid groups (broad SMARTS) is 1. The molecule has 7 heteroatoms. The van der Waals surface area contributed by atoms with Crippen molar-refractivity contribution in [3.63, 3.8) is 0 Å². The van der Waals surface area contributed by atoms with Crippen molar-refractivity contribution in [2.75, 3.05) is 29.9 Å². The first-order valence-corrected chi connectivity index (χ1v) is 7.75. The first kappa shape index (κ1) is 16.4. The topological polar surface area (TPSA) is 81.7 Å². The van der Waals surface area contributed by atoms with Crippen LogP contribution in [0, 0.1) is 0 Å². The Morgan fingerprint density at radius 1 is 1.23 bits per heavy atom. The molecule has 1 aromatic rings. The Kier molecular flexibility index (Phi) is 5.89. The lowest BCUT2D eigenvalue weighted by Gasteiger charge is -2.30. The van der Waals surface area contributed by atoms with E-state index < -0.39 is 12.0 Å². The minimum absolute atomic E-state index is 0.0841. The third kappa shape index (κ3) is 4.80. The van der Waals surface area contributed by atoms with E-state index in [1.54, 1.807) is 12.1 Å². The van der Waals surface area contributed by atoms with Gasteiger partial charge in [-0.25, -0.2) is 4.79 Å². The van der Waals surface area contributed by atoms with Crippen LogP contribution in [-0.2, 0) is 4.79 Å². The maximum atomic E-state index is 11.9. The molecule has 1 aliphatic rings. The van der Waals surface area contributed by atoms with E-state index in [9.17, 15) is 9.59 Å². The van der Waals surface area contributed by atoms with Crippen molar-refractivity contribution < 1.29 is 14.7 Å². The quantitative estimate of drug-likeness (QED) is 0.777. The number of aliphatic carboxylic acids is 1. The number of carboxylic acids is 1. The largest absolute Gasteiger partial charge is 0.481 e. The first-order valence-electron chi connectivity index (χ1n) is 7.37. The van der Waals surface area contributed by atoms with Gasteiger partial charge in [0.15, 0.2) is 0 Å². The Morgan fingerprint density at radius 3 is 2.64 bits per heavy atom. The Labute approximate surface area is 134 Å². The van der Waals surface area contributed by atoms with E-state index in [-0.39, 0.29) is 13.0 Å². The van der Waals surface area contributed by atoms with Crippen molar-refractivity contribution in [1.82, 2.24) is 5.32 Å². The number of carbonyl (C=O) groups is 2. The molecule has 0 spiro atoms. The van der Waals surface area contributed by atoms with Gasteiger partial charge in [-0.15, -0.1) is 0 Å². The minimum atomic E-state index is -0.947. The molecule has 0 aliphatic carbocycles. The molecular weight excluding hydrogens is 306 g/mol. The van der Waals surface area contributed by atoms with Crippen LogP contribution in [0.3, 0.4) is 0 Å². The van der Waals surface area contributed by atoms with Gasteiger partial charge in [-0.05, 0) is 37.5 Å². The lowest BCUT2D eigenvalue weighted by atomic mass is 10.1. The first-order chi connectivity index (χ1) is 10.6. The molecule has 1 aliphatic heterocycles. The number of anilines is 2. The summed E-state index contributed by atoms with van der Waals surface area (Å²) < 4.78 is 0. The van der Waals surface area contributed by atoms with Crippen LogP contribution >= 0.6 is 11.6 Å². The highest BCUT2D eigenvalue weighted by atomic mass is 35.5. The third-order valence-corrected chi connectivity index (χ3v) is 3.76. The fourth-order valence-electron chi connectivity index (χ4n) is 2.47. The third-order valence-electron chi connectivity index (χ3n) is 3.53. The van der Waals surface area contributed by atoms with Gasteiger partial charge in [-0.1, -0.05) is 11.6 Å². The predicted molar refractivity (Wildman–Crippen MR) is 86.8 cm³/mol. The van der Waals surface area contributed by atoms with Crippen molar-refractivity contribution >= 4 is 35.0 Å². The second-order valence-corrected chi connectivity index (χ2v) is 5.67. The van der Waals surface area contributed by atoms with Crippen LogP contribution in [0.1, 0.15) is 25.7 Å². The normalized spacial score (nSPS) is 14.5. The number of hydrogen-bond acceptors (Lipinski definition) is 3. The van der Waals surface area contributed by atoms with Crippen molar-refractivity contribution in [2.24, 2.45) is 0 Å². The van der Waals surface area contributed by atoms with Crippen LogP contribution in [0.5, 0.6) is 0 Å². The molecule has 1 heterocycles. The summed E-state index contributed by atoms with van der Waals surface area (Å²) in [5, 5.41) is 14.4. The number of nitrogens with zero attached hydrogens (tertiary/aromatic N) is 1. The monoisotopic (exact) mass is 325 g/mol. The Balaban J connectivity index is 2.03. The van der Waals surface area contributed by atoms with Crippen LogP contribution < -0.4 is 15.5 Å². The van der Waals surface area contributed by atoms with Crippen LogP contribution in [0.15, 0.2) is 18.2 Å². The van der Waals surface area contributed by atoms with E-state index in [4.69, 9.17) is 16.7 Å². The van der Waals surface area contributed by atoms with Crippen molar-refractivity contribution in [3.05, 3.63) is 23.2 Å². The van der Waals surface area contributed by atoms with Gasteiger partial charge in [0.05, 0.1) is 17.8 Å². The number of benzene rings is 1. The zero-order valence-electron chi connectivity index (χ0n) is 12.3. The number of amides is 2. The molecule has 0 atom stereocenters. The van der Waals surface area contributed by atoms with Gasteiger partial charge in [0.1, 0.15) is 0 Å². The number of hydrogen-bond donors (Lipinski definition) is 3. The summed E-state index contributed by atoms with van der Waals surface area (Å²) in [4.78, 5) is 24.5. The SMILES string of the molecule is O=C(O)CCNC(=O)Nc1cc(Cl)ccc1N1CCCCC1. The number of rotatable bonds is 5. The Bertz CT molecular complexity index is 545. The molecule has 0 radical (unpaired) electrons. The van der Waals surface area contributed by atoms with E-state index in [0.717, 1.165) is 31.6 Å². The number of piperidine rings is 1. The number of halogens is 1. The zero-order valence-corrected chi connectivity index (χ0v) is 13.0. The number of urea groups is 1. The van der Waals surface area contributed by atoms with Crippen molar-refractivity contribution in [2.45, 2.75) is 25.7 Å². The predicted octanol–water partition coefficient (Wildman–Crippen LogP) is 2.93. The molecule has 0 saturated carbocycles. The van der Waals surface area contributed by atoms with Gasteiger partial charge in [0.25, 0.3) is 0 Å². The second-order valence-electron chi connectivity index (χ2n) is 5.23. The molecule has 2 rings (SSSR count). The second kappa shape index (κ2) is 7.89. The fraction of sp³-hybridized carbons (Fsp3) is 0.467. The smallest absolute Gasteiger partial charge is 0.319 e. The van der Waals surface area contributed by atoms with E-state index in [0.29, 0.717) is 10.7 Å². The summed E-state index contributed by atoms with van der Waals surface area (Å²) in [6.45, 7) is 1.99. The highest BCUT2D eigenvalue weighted by Crippen LogP contribution is 2.31. The summed E-state index contributed by atoms with van der Waals surface area (Å²) in [5.41, 5.74) is 1.58. The van der Waals surface area contributed by atoms with Crippen molar-refractivity contribution in [3.8, 4) is 0 Å². The summed E-state index contributed by atoms with van der Waals surface area (Å²) in [6, 6.07) is 4.99. The highest BCUT2D eigenvalue weighted by molar-refractivity contribution is 6.31. The van der Waals surface area contributed by atoms with Crippen LogP contribution in [0.25, 0.3) is 0 Å². The lowest BCUT2D eigenvalue weighted by Crippen LogP contribution is -2.33. The Hall–Kier alpha value is -1.95. The van der Waals surface area contributed by atoms with E-state index in [1.807, 2.05) is 6.07 Å². The molecule has 3 N–H and O–H groups in total. The maximum absolute atomic E-state index is 11.9. The molecule has 1 aromatic carbocycles. The average molecular weight is 326 g/mol. The zero-order chi connectivity index (χ0) is 15.9. The number of carbonyl (C=O) groups excluding carboxylic acids is 1. The molecule has 0 aromatic heterocycles. The molecule has 1 saturated heterocycles. The standard InChI is InChI=1S/C15H20ClN3O3/c16-11-4-5-13(19-8-2-1-3-9-19)12(10-11)18-15(22)17-7-6-14(20)21/h4-5,10H,1-3,6-9H2,(H,20,21)(H2,17,18,22). The molecule has 0 bridgehead atoms. The van der Waals surface area contributed by atoms with E-state index in [1.165, 1.54) is 6.42 Å². The molecule has 1 fully saturated rings. The molecule has 0 unspecified atom stereocenters. The summed E-state index contributed by atoms with van der Waals surface area (Å²) >= 11 is 6.02. The fourth-order valence-corrected chi connectivity index (χ4v) is 2.64. The van der Waals surface area contributed by atoms with Crippen LogP contribution in [0.4, 0.5) is 16.2 Å². The van der Waals surface area contributed by atoms with E-state index in [2.05, 4.69) is 15.5 Å². The minimum Gasteiger partial charge on any atom is -0.481 e. The van der Waals surface area contributed by atoms with Crippen LogP contribution in [0.2, 0.25) is 5.02 Å². The number of nitrogens with one attached hydrogen (secondary N) is 2. The summed E-state index contributed by atoms with van der Waals surface area (Å²) in [6.07, 6.45) is 3.38. The van der Waals surface area contributed by atoms with Gasteiger partial charge in [0, 0.05) is 24.7 Å². The van der Waals surface area contributed by atoms with Gasteiger partial charge in [-0.3, -0.25) is 4.79 Å².